The molecule has 1 fully saturated rings. The van der Waals surface area contributed by atoms with Gasteiger partial charge in [0.15, 0.2) is 0 Å². The van der Waals surface area contributed by atoms with Gasteiger partial charge in [0, 0.05) is 28.0 Å². The summed E-state index contributed by atoms with van der Waals surface area (Å²) in [4.78, 5) is 1.28. The van der Waals surface area contributed by atoms with Crippen molar-refractivity contribution in [3.63, 3.8) is 0 Å². The largest absolute Gasteiger partial charge is 0.310 e. The van der Waals surface area contributed by atoms with Crippen LogP contribution in [0.3, 0.4) is 0 Å². The van der Waals surface area contributed by atoms with Gasteiger partial charge in [-0.3, -0.25) is 0 Å². The van der Waals surface area contributed by atoms with E-state index in [0.29, 0.717) is 0 Å². The van der Waals surface area contributed by atoms with E-state index in [0.717, 1.165) is 23.2 Å². The topological polar surface area (TPSA) is 12.0 Å². The smallest absolute Gasteiger partial charge is 0.0495 e. The lowest BCUT2D eigenvalue weighted by atomic mass is 10.1. The molecule has 1 nitrogen and oxygen atoms in total. The van der Waals surface area contributed by atoms with Gasteiger partial charge in [-0.25, -0.2) is 0 Å². The minimum absolute atomic E-state index is 0.739. The Morgan fingerprint density at radius 2 is 2.17 bits per heavy atom. The van der Waals surface area contributed by atoms with Gasteiger partial charge in [0.2, 0.25) is 0 Å². The molecule has 1 aliphatic carbocycles. The van der Waals surface area contributed by atoms with Gasteiger partial charge in [0.1, 0.15) is 0 Å². The molecule has 0 radical (unpaired) electrons. The van der Waals surface area contributed by atoms with Crippen LogP contribution in [0.1, 0.15) is 24.0 Å². The third kappa shape index (κ3) is 2.61. The molecule has 0 unspecified atom stereocenters. The Bertz CT molecular complexity index is 557. The van der Waals surface area contributed by atoms with Gasteiger partial charge in [0.25, 0.3) is 0 Å². The van der Waals surface area contributed by atoms with E-state index in [2.05, 4.69) is 41.9 Å². The average molecular weight is 278 g/mol. The quantitative estimate of drug-likeness (QED) is 0.859. The minimum Gasteiger partial charge on any atom is -0.310 e. The van der Waals surface area contributed by atoms with Crippen LogP contribution in [-0.4, -0.2) is 6.04 Å². The van der Waals surface area contributed by atoms with Crippen molar-refractivity contribution < 1.29 is 0 Å². The summed E-state index contributed by atoms with van der Waals surface area (Å²) in [6, 6.07) is 9.29. The summed E-state index contributed by atoms with van der Waals surface area (Å²) in [5, 5.41) is 6.48. The molecule has 3 heteroatoms. The summed E-state index contributed by atoms with van der Waals surface area (Å²) >= 11 is 8.15. The maximum absolute atomic E-state index is 6.40. The molecule has 0 aliphatic heterocycles. The van der Waals surface area contributed by atoms with E-state index in [1.165, 1.54) is 28.8 Å². The SMILES string of the molecule is Cc1ccsc1-c1ccc(CNC2CC2)cc1Cl. The molecule has 0 bridgehead atoms. The van der Waals surface area contributed by atoms with Crippen LogP contribution in [0, 0.1) is 6.92 Å². The van der Waals surface area contributed by atoms with Gasteiger partial charge >= 0.3 is 0 Å². The van der Waals surface area contributed by atoms with Crippen molar-refractivity contribution in [3.8, 4) is 10.4 Å². The van der Waals surface area contributed by atoms with E-state index in [4.69, 9.17) is 11.6 Å². The summed E-state index contributed by atoms with van der Waals surface area (Å²) < 4.78 is 0. The van der Waals surface area contributed by atoms with Crippen LogP contribution < -0.4 is 5.32 Å². The summed E-state index contributed by atoms with van der Waals surface area (Å²) in [6.07, 6.45) is 2.64. The van der Waals surface area contributed by atoms with Crippen molar-refractivity contribution in [2.75, 3.05) is 0 Å². The Morgan fingerprint density at radius 3 is 2.78 bits per heavy atom. The standard InChI is InChI=1S/C15H16ClNS/c1-10-6-7-18-15(10)13-5-2-11(8-14(13)16)9-17-12-3-4-12/h2,5-8,12,17H,3-4,9H2,1H3. The van der Waals surface area contributed by atoms with Crippen LogP contribution in [0.4, 0.5) is 0 Å². The zero-order chi connectivity index (χ0) is 12.5. The van der Waals surface area contributed by atoms with Crippen molar-refractivity contribution in [3.05, 3.63) is 45.8 Å². The Hall–Kier alpha value is -0.830. The molecule has 1 aromatic carbocycles. The van der Waals surface area contributed by atoms with Crippen LogP contribution in [0.25, 0.3) is 10.4 Å². The molecule has 2 aromatic rings. The first-order valence-electron chi connectivity index (χ1n) is 6.30. The van der Waals surface area contributed by atoms with Crippen LogP contribution in [0.5, 0.6) is 0 Å². The summed E-state index contributed by atoms with van der Waals surface area (Å²) in [7, 11) is 0. The third-order valence-electron chi connectivity index (χ3n) is 3.31. The molecule has 1 heterocycles. The van der Waals surface area contributed by atoms with E-state index in [-0.39, 0.29) is 0 Å². The van der Waals surface area contributed by atoms with Crippen molar-refractivity contribution in [1.29, 1.82) is 0 Å². The fourth-order valence-corrected chi connectivity index (χ4v) is 3.37. The zero-order valence-electron chi connectivity index (χ0n) is 10.4. The third-order valence-corrected chi connectivity index (χ3v) is 4.67. The molecule has 94 valence electrons. The molecule has 0 saturated heterocycles. The second kappa shape index (κ2) is 5.04. The van der Waals surface area contributed by atoms with Gasteiger partial charge in [-0.05, 0) is 48.4 Å². The van der Waals surface area contributed by atoms with Gasteiger partial charge in [-0.2, -0.15) is 0 Å². The number of thiophene rings is 1. The Labute approximate surface area is 117 Å². The number of hydrogen-bond donors (Lipinski definition) is 1. The van der Waals surface area contributed by atoms with E-state index in [9.17, 15) is 0 Å². The highest BCUT2D eigenvalue weighted by molar-refractivity contribution is 7.13. The Kier molecular flexibility index (Phi) is 3.42. The van der Waals surface area contributed by atoms with Gasteiger partial charge < -0.3 is 5.32 Å². The highest BCUT2D eigenvalue weighted by atomic mass is 35.5. The van der Waals surface area contributed by atoms with Crippen LogP contribution >= 0.6 is 22.9 Å². The molecule has 1 aromatic heterocycles. The molecule has 1 saturated carbocycles. The molecule has 3 rings (SSSR count). The summed E-state index contributed by atoms with van der Waals surface area (Å²) in [5.74, 6) is 0. The number of benzene rings is 1. The van der Waals surface area contributed by atoms with E-state index < -0.39 is 0 Å². The molecule has 1 aliphatic rings. The Morgan fingerprint density at radius 1 is 1.33 bits per heavy atom. The van der Waals surface area contributed by atoms with Crippen LogP contribution in [-0.2, 0) is 6.54 Å². The first kappa shape index (κ1) is 12.2. The van der Waals surface area contributed by atoms with Crippen molar-refractivity contribution in [2.45, 2.75) is 32.4 Å². The van der Waals surface area contributed by atoms with Gasteiger partial charge in [0.05, 0.1) is 0 Å². The van der Waals surface area contributed by atoms with Gasteiger partial charge in [-0.1, -0.05) is 23.7 Å². The fraction of sp³-hybridized carbons (Fsp3) is 0.333. The number of hydrogen-bond acceptors (Lipinski definition) is 2. The summed E-state index contributed by atoms with van der Waals surface area (Å²) in [6.45, 7) is 3.05. The van der Waals surface area contributed by atoms with Crippen molar-refractivity contribution >= 4 is 22.9 Å². The highest BCUT2D eigenvalue weighted by Crippen LogP contribution is 2.34. The number of rotatable bonds is 4. The molecule has 18 heavy (non-hydrogen) atoms. The van der Waals surface area contributed by atoms with Crippen LogP contribution in [0.2, 0.25) is 5.02 Å². The second-order valence-electron chi connectivity index (χ2n) is 4.90. The molecule has 0 spiro atoms. The highest BCUT2D eigenvalue weighted by Gasteiger charge is 2.20. The maximum Gasteiger partial charge on any atom is 0.0495 e. The van der Waals surface area contributed by atoms with Crippen molar-refractivity contribution in [2.24, 2.45) is 0 Å². The summed E-state index contributed by atoms with van der Waals surface area (Å²) in [5.41, 5.74) is 3.72. The lowest BCUT2D eigenvalue weighted by Gasteiger charge is -2.07. The average Bonchev–Trinajstić information content (AvgIpc) is 3.09. The minimum atomic E-state index is 0.739. The monoisotopic (exact) mass is 277 g/mol. The second-order valence-corrected chi connectivity index (χ2v) is 6.23. The van der Waals surface area contributed by atoms with E-state index >= 15 is 0 Å². The van der Waals surface area contributed by atoms with Crippen LogP contribution in [0.15, 0.2) is 29.6 Å². The number of nitrogens with one attached hydrogen (secondary N) is 1. The fourth-order valence-electron chi connectivity index (χ4n) is 2.05. The first-order valence-corrected chi connectivity index (χ1v) is 7.56. The van der Waals surface area contributed by atoms with E-state index in [1.54, 1.807) is 11.3 Å². The predicted molar refractivity (Wildman–Crippen MR) is 79.4 cm³/mol. The number of halogens is 1. The predicted octanol–water partition coefficient (Wildman–Crippen LogP) is 4.63. The first-order chi connectivity index (χ1) is 8.74. The number of aryl methyl sites for hydroxylation is 1. The van der Waals surface area contributed by atoms with Crippen molar-refractivity contribution in [1.82, 2.24) is 5.32 Å². The Balaban J connectivity index is 1.82. The van der Waals surface area contributed by atoms with Gasteiger partial charge in [-0.15, -0.1) is 11.3 Å². The molecule has 1 N–H and O–H groups in total. The lowest BCUT2D eigenvalue weighted by Crippen LogP contribution is -2.15. The van der Waals surface area contributed by atoms with E-state index in [1.807, 2.05) is 0 Å². The normalized spacial score (nSPS) is 15.0. The molecular formula is C15H16ClNS. The molecular weight excluding hydrogens is 262 g/mol. The maximum atomic E-state index is 6.40. The zero-order valence-corrected chi connectivity index (χ0v) is 11.9. The lowest BCUT2D eigenvalue weighted by molar-refractivity contribution is 0.688. The molecule has 0 amide bonds. The molecule has 0 atom stereocenters.